The van der Waals surface area contributed by atoms with Gasteiger partial charge in [-0.3, -0.25) is 23.9 Å². The lowest BCUT2D eigenvalue weighted by molar-refractivity contribution is -0.122. The lowest BCUT2D eigenvalue weighted by Gasteiger charge is -2.13. The number of carbonyl (C=O) groups is 2. The number of H-pyrrole nitrogens is 1. The number of nitrogens with one attached hydrogen (secondary N) is 1. The Hall–Kier alpha value is -2.63. The molecular formula is C12H15N5O6. The maximum atomic E-state index is 11.6. The van der Waals surface area contributed by atoms with E-state index in [0.717, 1.165) is 0 Å². The van der Waals surface area contributed by atoms with E-state index in [2.05, 4.69) is 15.0 Å². The van der Waals surface area contributed by atoms with Crippen molar-refractivity contribution in [2.24, 2.45) is 0 Å². The fourth-order valence-corrected chi connectivity index (χ4v) is 2.20. The van der Waals surface area contributed by atoms with E-state index < -0.39 is 24.0 Å². The Balaban J connectivity index is 0.000000433. The van der Waals surface area contributed by atoms with E-state index in [9.17, 15) is 9.90 Å². The molecule has 11 nitrogen and oxygen atoms in total. The van der Waals surface area contributed by atoms with Gasteiger partial charge in [0.05, 0.1) is 19.0 Å². The third-order valence-corrected chi connectivity index (χ3v) is 3.20. The van der Waals surface area contributed by atoms with Crippen molar-refractivity contribution in [3.05, 3.63) is 16.7 Å². The van der Waals surface area contributed by atoms with E-state index >= 15 is 0 Å². The molecule has 0 unspecified atom stereocenters. The second kappa shape index (κ2) is 7.09. The minimum absolute atomic E-state index is 0.0171. The highest BCUT2D eigenvalue weighted by Gasteiger charge is 2.35. The van der Waals surface area contributed by atoms with Gasteiger partial charge in [-0.1, -0.05) is 0 Å². The molecule has 1 fully saturated rings. The highest BCUT2D eigenvalue weighted by atomic mass is 16.5. The molecule has 5 N–H and O–H groups in total. The topological polar surface area (TPSA) is 173 Å². The van der Waals surface area contributed by atoms with Gasteiger partial charge in [0.15, 0.2) is 23.7 Å². The average molecular weight is 325 g/mol. The molecule has 11 heteroatoms. The number of hydrogen-bond acceptors (Lipinski definition) is 9. The number of ether oxygens (including phenoxy) is 1. The molecule has 3 heterocycles. The van der Waals surface area contributed by atoms with Crippen molar-refractivity contribution in [3.8, 4) is 0 Å². The van der Waals surface area contributed by atoms with Crippen molar-refractivity contribution in [2.75, 3.05) is 12.3 Å². The quantitative estimate of drug-likeness (QED) is 0.358. The summed E-state index contributed by atoms with van der Waals surface area (Å²) < 4.78 is 7.01. The molecular weight excluding hydrogens is 310 g/mol. The monoisotopic (exact) mass is 325 g/mol. The van der Waals surface area contributed by atoms with Crippen LogP contribution < -0.4 is 11.3 Å². The zero-order chi connectivity index (χ0) is 17.0. The van der Waals surface area contributed by atoms with Crippen molar-refractivity contribution < 1.29 is 24.5 Å². The Morgan fingerprint density at radius 3 is 2.74 bits per heavy atom. The van der Waals surface area contributed by atoms with Gasteiger partial charge in [-0.25, -0.2) is 4.98 Å². The largest absolute Gasteiger partial charge is 0.394 e. The number of imidazole rings is 1. The maximum absolute atomic E-state index is 11.6. The van der Waals surface area contributed by atoms with Gasteiger partial charge in [0.2, 0.25) is 5.95 Å². The summed E-state index contributed by atoms with van der Waals surface area (Å²) in [6, 6.07) is 0. The van der Waals surface area contributed by atoms with Gasteiger partial charge in [0, 0.05) is 6.42 Å². The van der Waals surface area contributed by atoms with E-state index in [1.807, 2.05) is 0 Å². The van der Waals surface area contributed by atoms with Crippen LogP contribution in [0.4, 0.5) is 5.95 Å². The van der Waals surface area contributed by atoms with Crippen molar-refractivity contribution in [1.29, 1.82) is 0 Å². The minimum atomic E-state index is -0.771. The zero-order valence-corrected chi connectivity index (χ0v) is 11.8. The van der Waals surface area contributed by atoms with Crippen LogP contribution in [0.15, 0.2) is 11.1 Å². The SMILES string of the molecule is Nc1nc2c(ncn2[C@H]2C[C@H](O)[C@@H](CO)O2)c(=O)[nH]1.O=CC=O. The lowest BCUT2D eigenvalue weighted by Crippen LogP contribution is -2.24. The summed E-state index contributed by atoms with van der Waals surface area (Å²) >= 11 is 0. The highest BCUT2D eigenvalue weighted by Crippen LogP contribution is 2.30. The molecule has 0 aromatic carbocycles. The van der Waals surface area contributed by atoms with Crippen LogP contribution in [0.2, 0.25) is 0 Å². The molecule has 3 rings (SSSR count). The summed E-state index contributed by atoms with van der Waals surface area (Å²) in [6.07, 6.45) is 0.119. The number of aliphatic hydroxyl groups is 2. The first kappa shape index (κ1) is 16.7. The molecule has 2 aromatic heterocycles. The van der Waals surface area contributed by atoms with Crippen LogP contribution in [0.25, 0.3) is 11.2 Å². The first-order valence-corrected chi connectivity index (χ1v) is 6.57. The summed E-state index contributed by atoms with van der Waals surface area (Å²) in [5.41, 5.74) is 5.50. The standard InChI is InChI=1S/C10H13N5O4.C2H2O2/c11-10-13-8-7(9(18)14-10)12-3-15(8)6-1-4(17)5(2-16)19-6;3-1-2-4/h3-6,16-17H,1-2H2,(H3,11,13,14,18);1-2H/t4-,5+,6+;/m0./s1. The second-order valence-corrected chi connectivity index (χ2v) is 4.66. The number of aliphatic hydroxyl groups excluding tert-OH is 2. The van der Waals surface area contributed by atoms with E-state index in [-0.39, 0.29) is 42.7 Å². The van der Waals surface area contributed by atoms with Crippen LogP contribution in [-0.4, -0.2) is 61.1 Å². The molecule has 0 radical (unpaired) electrons. The van der Waals surface area contributed by atoms with Gasteiger partial charge in [0.25, 0.3) is 5.56 Å². The molecule has 0 spiro atoms. The number of rotatable bonds is 3. The van der Waals surface area contributed by atoms with Crippen LogP contribution in [0.1, 0.15) is 12.6 Å². The van der Waals surface area contributed by atoms with Gasteiger partial charge >= 0.3 is 0 Å². The van der Waals surface area contributed by atoms with Gasteiger partial charge < -0.3 is 20.7 Å². The van der Waals surface area contributed by atoms with Gasteiger partial charge in [-0.15, -0.1) is 0 Å². The summed E-state index contributed by atoms with van der Waals surface area (Å²) in [5, 5.41) is 18.8. The zero-order valence-electron chi connectivity index (χ0n) is 11.8. The Kier molecular flexibility index (Phi) is 5.16. The maximum Gasteiger partial charge on any atom is 0.280 e. The Bertz CT molecular complexity index is 750. The average Bonchev–Trinajstić information content (AvgIpc) is 3.10. The van der Waals surface area contributed by atoms with Gasteiger partial charge in [-0.2, -0.15) is 4.98 Å². The predicted octanol–water partition coefficient (Wildman–Crippen LogP) is -2.27. The van der Waals surface area contributed by atoms with Crippen molar-refractivity contribution in [1.82, 2.24) is 19.5 Å². The normalized spacial score (nSPS) is 23.3. The summed E-state index contributed by atoms with van der Waals surface area (Å²) in [6.45, 7) is -0.277. The lowest BCUT2D eigenvalue weighted by atomic mass is 10.2. The number of aldehydes is 2. The molecule has 1 aliphatic rings. The van der Waals surface area contributed by atoms with Crippen LogP contribution in [-0.2, 0) is 14.3 Å². The fraction of sp³-hybridized carbons (Fsp3) is 0.417. The second-order valence-electron chi connectivity index (χ2n) is 4.66. The van der Waals surface area contributed by atoms with Crippen LogP contribution in [0.3, 0.4) is 0 Å². The first-order chi connectivity index (χ1) is 11.0. The summed E-state index contributed by atoms with van der Waals surface area (Å²) in [4.78, 5) is 39.6. The van der Waals surface area contributed by atoms with Crippen LogP contribution >= 0.6 is 0 Å². The minimum Gasteiger partial charge on any atom is -0.394 e. The Morgan fingerprint density at radius 1 is 1.48 bits per heavy atom. The van der Waals surface area contributed by atoms with Crippen molar-refractivity contribution in [2.45, 2.75) is 24.9 Å². The molecule has 0 bridgehead atoms. The van der Waals surface area contributed by atoms with Crippen LogP contribution in [0, 0.1) is 0 Å². The number of nitrogen functional groups attached to an aromatic ring is 1. The molecule has 1 saturated heterocycles. The number of hydrogen-bond donors (Lipinski definition) is 4. The number of nitrogens with zero attached hydrogens (tertiary/aromatic N) is 3. The van der Waals surface area contributed by atoms with Crippen molar-refractivity contribution >= 4 is 29.7 Å². The van der Waals surface area contributed by atoms with E-state index in [1.165, 1.54) is 10.9 Å². The predicted molar refractivity (Wildman–Crippen MR) is 76.3 cm³/mol. The third kappa shape index (κ3) is 3.41. The summed E-state index contributed by atoms with van der Waals surface area (Å²) in [5.74, 6) is -0.0171. The van der Waals surface area contributed by atoms with Crippen molar-refractivity contribution in [3.63, 3.8) is 0 Å². The smallest absolute Gasteiger partial charge is 0.280 e. The molecule has 0 aliphatic carbocycles. The number of fused-ring (bicyclic) bond motifs is 1. The molecule has 0 saturated carbocycles. The number of nitrogens with two attached hydrogens (primary N) is 1. The van der Waals surface area contributed by atoms with E-state index in [4.69, 9.17) is 25.2 Å². The van der Waals surface area contributed by atoms with Gasteiger partial charge in [0.1, 0.15) is 12.3 Å². The number of aromatic amines is 1. The third-order valence-electron chi connectivity index (χ3n) is 3.20. The molecule has 23 heavy (non-hydrogen) atoms. The molecule has 0 amide bonds. The summed E-state index contributed by atoms with van der Waals surface area (Å²) in [7, 11) is 0. The van der Waals surface area contributed by atoms with Gasteiger partial charge in [-0.05, 0) is 0 Å². The Labute approximate surface area is 128 Å². The van der Waals surface area contributed by atoms with E-state index in [1.54, 1.807) is 0 Å². The molecule has 124 valence electrons. The number of aromatic nitrogens is 4. The first-order valence-electron chi connectivity index (χ1n) is 6.57. The highest BCUT2D eigenvalue weighted by molar-refractivity contribution is 6.09. The Morgan fingerprint density at radius 2 is 2.17 bits per heavy atom. The fourth-order valence-electron chi connectivity index (χ4n) is 2.20. The molecule has 3 atom stereocenters. The molecule has 1 aliphatic heterocycles. The number of carbonyl (C=O) groups excluding carboxylic acids is 2. The molecule has 2 aromatic rings. The number of anilines is 1. The van der Waals surface area contributed by atoms with Crippen LogP contribution in [0.5, 0.6) is 0 Å². The van der Waals surface area contributed by atoms with E-state index in [0.29, 0.717) is 0 Å².